The van der Waals surface area contributed by atoms with Crippen molar-refractivity contribution < 1.29 is 14.3 Å². The van der Waals surface area contributed by atoms with Gasteiger partial charge in [0.15, 0.2) is 11.5 Å². The van der Waals surface area contributed by atoms with Gasteiger partial charge >= 0.3 is 0 Å². The monoisotopic (exact) mass is 249 g/mol. The lowest BCUT2D eigenvalue weighted by Crippen LogP contribution is -1.97. The third kappa shape index (κ3) is 4.41. The predicted molar refractivity (Wildman–Crippen MR) is 72.9 cm³/mol. The largest absolute Gasteiger partial charge is 0.493 e. The quantitative estimate of drug-likeness (QED) is 0.496. The van der Waals surface area contributed by atoms with Gasteiger partial charge in [0, 0.05) is 5.56 Å². The van der Waals surface area contributed by atoms with Gasteiger partial charge < -0.3 is 14.9 Å². The summed E-state index contributed by atoms with van der Waals surface area (Å²) >= 11 is 0. The normalized spacial score (nSPS) is 9.33. The molecule has 1 rings (SSSR count). The smallest absolute Gasteiger partial charge is 0.161 e. The van der Waals surface area contributed by atoms with Gasteiger partial charge in [0.25, 0.3) is 0 Å². The number of hydrogen-bond donors (Lipinski definition) is 1. The van der Waals surface area contributed by atoms with Crippen LogP contribution >= 0.6 is 0 Å². The van der Waals surface area contributed by atoms with Crippen LogP contribution in [0.2, 0.25) is 0 Å². The Morgan fingerprint density at radius 1 is 1.17 bits per heavy atom. The molecule has 0 saturated carbocycles. The van der Waals surface area contributed by atoms with E-state index in [2.05, 4.69) is 0 Å². The molecule has 0 atom stereocenters. The van der Waals surface area contributed by atoms with Crippen LogP contribution in [-0.4, -0.2) is 26.2 Å². The Morgan fingerprint density at radius 3 is 2.28 bits per heavy atom. The fourth-order valence-corrected chi connectivity index (χ4v) is 1.24. The topological polar surface area (TPSA) is 59.4 Å². The van der Waals surface area contributed by atoms with Crippen molar-refractivity contribution in [3.05, 3.63) is 35.9 Å². The second-order valence-electron chi connectivity index (χ2n) is 2.98. The molecule has 0 aliphatic heterocycles. The van der Waals surface area contributed by atoms with Crippen LogP contribution in [0.15, 0.2) is 30.4 Å². The van der Waals surface area contributed by atoms with Crippen molar-refractivity contribution in [1.82, 2.24) is 0 Å². The minimum atomic E-state index is 0.244. The lowest BCUT2D eigenvalue weighted by atomic mass is 10.1. The summed E-state index contributed by atoms with van der Waals surface area (Å²) in [5.41, 5.74) is 0.906. The third-order valence-corrected chi connectivity index (χ3v) is 2.04. The molecule has 1 N–H and O–H groups in total. The lowest BCUT2D eigenvalue weighted by molar-refractivity contribution is -0.104. The zero-order chi connectivity index (χ0) is 14.0. The molecule has 0 aliphatic carbocycles. The van der Waals surface area contributed by atoms with E-state index in [-0.39, 0.29) is 5.71 Å². The summed E-state index contributed by atoms with van der Waals surface area (Å²) in [5, 5.41) is 7.69. The highest BCUT2D eigenvalue weighted by molar-refractivity contribution is 6.08. The summed E-state index contributed by atoms with van der Waals surface area (Å²) in [6, 6.07) is 5.15. The molecule has 0 bridgehead atoms. The van der Waals surface area contributed by atoms with Crippen molar-refractivity contribution >= 4 is 12.0 Å². The molecule has 0 spiro atoms. The van der Waals surface area contributed by atoms with Gasteiger partial charge in [0.05, 0.1) is 19.9 Å². The number of aldehydes is 1. The Hall–Kier alpha value is -2.10. The zero-order valence-corrected chi connectivity index (χ0v) is 11.2. The minimum absolute atomic E-state index is 0.244. The summed E-state index contributed by atoms with van der Waals surface area (Å²) in [6.45, 7) is 4.00. The fraction of sp³-hybridized carbons (Fsp3) is 0.286. The van der Waals surface area contributed by atoms with E-state index in [1.54, 1.807) is 25.3 Å². The summed E-state index contributed by atoms with van der Waals surface area (Å²) in [5.74, 6) is 1.17. The van der Waals surface area contributed by atoms with Gasteiger partial charge in [-0.25, -0.2) is 0 Å². The fourth-order valence-electron chi connectivity index (χ4n) is 1.24. The molecule has 0 aliphatic rings. The molecular weight excluding hydrogens is 230 g/mol. The molecule has 1 aromatic rings. The maximum absolute atomic E-state index is 10.1. The number of benzene rings is 1. The molecule has 18 heavy (non-hydrogen) atoms. The highest BCUT2D eigenvalue weighted by Crippen LogP contribution is 2.27. The molecule has 0 saturated heterocycles. The molecule has 0 heterocycles. The molecule has 0 aromatic heterocycles. The van der Waals surface area contributed by atoms with Crippen LogP contribution in [0, 0.1) is 5.41 Å². The first-order valence-corrected chi connectivity index (χ1v) is 5.65. The molecule has 1 aromatic carbocycles. The van der Waals surface area contributed by atoms with Crippen LogP contribution in [0.4, 0.5) is 0 Å². The van der Waals surface area contributed by atoms with Crippen molar-refractivity contribution in [2.45, 2.75) is 13.8 Å². The molecule has 0 fully saturated rings. The van der Waals surface area contributed by atoms with Crippen LogP contribution in [0.1, 0.15) is 19.4 Å². The van der Waals surface area contributed by atoms with E-state index in [1.807, 2.05) is 13.8 Å². The number of allylic oxidation sites excluding steroid dienone is 2. The van der Waals surface area contributed by atoms with Crippen LogP contribution in [-0.2, 0) is 4.79 Å². The second kappa shape index (κ2) is 8.98. The first-order valence-electron chi connectivity index (χ1n) is 5.65. The van der Waals surface area contributed by atoms with Gasteiger partial charge in [0.1, 0.15) is 6.29 Å². The summed E-state index contributed by atoms with van der Waals surface area (Å²) < 4.78 is 10.2. The summed E-state index contributed by atoms with van der Waals surface area (Å²) in [7, 11) is 3.08. The average molecular weight is 249 g/mol. The summed E-state index contributed by atoms with van der Waals surface area (Å²) in [4.78, 5) is 10.1. The Kier molecular flexibility index (Phi) is 7.94. The van der Waals surface area contributed by atoms with Gasteiger partial charge in [0.2, 0.25) is 0 Å². The first kappa shape index (κ1) is 15.9. The van der Waals surface area contributed by atoms with Crippen LogP contribution in [0.3, 0.4) is 0 Å². The van der Waals surface area contributed by atoms with E-state index in [1.165, 1.54) is 19.3 Å². The molecule has 0 unspecified atom stereocenters. The van der Waals surface area contributed by atoms with Crippen LogP contribution in [0.25, 0.3) is 0 Å². The van der Waals surface area contributed by atoms with E-state index in [4.69, 9.17) is 14.9 Å². The van der Waals surface area contributed by atoms with E-state index < -0.39 is 0 Å². The molecule has 98 valence electrons. The SMILES string of the molecule is CC.COc1ccc(C(=N)/C=C\C=O)cc1OC. The van der Waals surface area contributed by atoms with Gasteiger partial charge in [-0.1, -0.05) is 13.8 Å². The highest BCUT2D eigenvalue weighted by Gasteiger charge is 2.05. The lowest BCUT2D eigenvalue weighted by Gasteiger charge is -2.08. The van der Waals surface area contributed by atoms with E-state index in [9.17, 15) is 4.79 Å². The number of methoxy groups -OCH3 is 2. The Morgan fingerprint density at radius 2 is 1.78 bits per heavy atom. The molecule has 4 heteroatoms. The number of nitrogens with one attached hydrogen (secondary N) is 1. The Balaban J connectivity index is 0.00000137. The molecule has 0 radical (unpaired) electrons. The molecule has 0 amide bonds. The molecule has 4 nitrogen and oxygen atoms in total. The van der Waals surface area contributed by atoms with Gasteiger partial charge in [-0.3, -0.25) is 4.79 Å². The summed E-state index contributed by atoms with van der Waals surface area (Å²) in [6.07, 6.45) is 3.34. The van der Waals surface area contributed by atoms with Crippen LogP contribution in [0.5, 0.6) is 11.5 Å². The number of ether oxygens (including phenoxy) is 2. The van der Waals surface area contributed by atoms with Crippen LogP contribution < -0.4 is 9.47 Å². The predicted octanol–water partition coefficient (Wildman–Crippen LogP) is 2.85. The number of rotatable bonds is 5. The standard InChI is InChI=1S/C12H13NO3.C2H6/c1-15-11-6-5-9(8-12(11)16-2)10(13)4-3-7-14;1-2/h3-8,13H,1-2H3;1-2H3/b4-3-,13-10?;. The number of hydrogen-bond acceptors (Lipinski definition) is 4. The van der Waals surface area contributed by atoms with Gasteiger partial charge in [-0.05, 0) is 30.4 Å². The van der Waals surface area contributed by atoms with Crippen molar-refractivity contribution in [2.24, 2.45) is 0 Å². The number of carbonyl (C=O) groups is 1. The Bertz CT molecular complexity index is 425. The third-order valence-electron chi connectivity index (χ3n) is 2.04. The first-order chi connectivity index (χ1) is 8.72. The molecular formula is C14H19NO3. The zero-order valence-electron chi connectivity index (χ0n) is 11.2. The number of carbonyl (C=O) groups excluding carboxylic acids is 1. The van der Waals surface area contributed by atoms with Crippen molar-refractivity contribution in [3.63, 3.8) is 0 Å². The maximum atomic E-state index is 10.1. The average Bonchev–Trinajstić information content (AvgIpc) is 2.45. The van der Waals surface area contributed by atoms with Crippen molar-refractivity contribution in [2.75, 3.05) is 14.2 Å². The van der Waals surface area contributed by atoms with Gasteiger partial charge in [-0.2, -0.15) is 0 Å². The Labute approximate surface area is 108 Å². The van der Waals surface area contributed by atoms with Gasteiger partial charge in [-0.15, -0.1) is 0 Å². The van der Waals surface area contributed by atoms with E-state index >= 15 is 0 Å². The minimum Gasteiger partial charge on any atom is -0.493 e. The van der Waals surface area contributed by atoms with Crippen molar-refractivity contribution in [3.8, 4) is 11.5 Å². The second-order valence-corrected chi connectivity index (χ2v) is 2.98. The van der Waals surface area contributed by atoms with E-state index in [0.29, 0.717) is 23.3 Å². The highest BCUT2D eigenvalue weighted by atomic mass is 16.5. The van der Waals surface area contributed by atoms with Crippen molar-refractivity contribution in [1.29, 1.82) is 5.41 Å². The maximum Gasteiger partial charge on any atom is 0.161 e. The van der Waals surface area contributed by atoms with E-state index in [0.717, 1.165) is 0 Å².